The van der Waals surface area contributed by atoms with Crippen LogP contribution in [0, 0.1) is 0 Å². The zero-order chi connectivity index (χ0) is 17.7. The van der Waals surface area contributed by atoms with E-state index in [1.807, 2.05) is 0 Å². The number of rotatable bonds is 6. The van der Waals surface area contributed by atoms with Crippen molar-refractivity contribution >= 4 is 27.3 Å². The van der Waals surface area contributed by atoms with E-state index in [2.05, 4.69) is 15.4 Å². The summed E-state index contributed by atoms with van der Waals surface area (Å²) in [6.07, 6.45) is 2.51. The minimum absolute atomic E-state index is 0.0810. The van der Waals surface area contributed by atoms with Gasteiger partial charge in [-0.05, 0) is 49.7 Å². The largest absolute Gasteiger partial charge is 0.326 e. The molecule has 1 aliphatic heterocycles. The summed E-state index contributed by atoms with van der Waals surface area (Å²) in [5.74, 6) is -0.0810. The first-order chi connectivity index (χ1) is 12.0. The monoisotopic (exact) mass is 359 g/mol. The molecule has 0 saturated carbocycles. The maximum Gasteiger partial charge on any atom is 0.261 e. The van der Waals surface area contributed by atoms with Gasteiger partial charge in [-0.25, -0.2) is 8.42 Å². The number of amides is 1. The predicted molar refractivity (Wildman–Crippen MR) is 98.0 cm³/mol. The second-order valence-corrected chi connectivity index (χ2v) is 7.73. The number of sulfonamides is 1. The first-order valence-electron chi connectivity index (χ1n) is 8.24. The van der Waals surface area contributed by atoms with Crippen molar-refractivity contribution in [3.05, 3.63) is 54.6 Å². The molecule has 3 N–H and O–H groups in total. The molecule has 0 bridgehead atoms. The Labute approximate surface area is 147 Å². The molecule has 25 heavy (non-hydrogen) atoms. The molecule has 1 heterocycles. The first-order valence-corrected chi connectivity index (χ1v) is 9.72. The summed E-state index contributed by atoms with van der Waals surface area (Å²) < 4.78 is 27.2. The maximum atomic E-state index is 12.4. The molecule has 1 atom stereocenters. The lowest BCUT2D eigenvalue weighted by molar-refractivity contribution is -0.116. The van der Waals surface area contributed by atoms with Crippen LogP contribution in [0.2, 0.25) is 0 Å². The Morgan fingerprint density at radius 3 is 2.56 bits per heavy atom. The Morgan fingerprint density at radius 1 is 1.08 bits per heavy atom. The quantitative estimate of drug-likeness (QED) is 0.740. The zero-order valence-electron chi connectivity index (χ0n) is 13.7. The van der Waals surface area contributed by atoms with Crippen LogP contribution in [0.3, 0.4) is 0 Å². The van der Waals surface area contributed by atoms with Crippen LogP contribution in [0.1, 0.15) is 19.3 Å². The van der Waals surface area contributed by atoms with Crippen molar-refractivity contribution in [2.24, 2.45) is 0 Å². The topological polar surface area (TPSA) is 87.3 Å². The molecule has 1 aliphatic rings. The summed E-state index contributed by atoms with van der Waals surface area (Å²) in [7, 11) is -3.65. The van der Waals surface area contributed by atoms with Gasteiger partial charge >= 0.3 is 0 Å². The highest BCUT2D eigenvalue weighted by atomic mass is 32.2. The van der Waals surface area contributed by atoms with Crippen LogP contribution in [-0.4, -0.2) is 26.9 Å². The van der Waals surface area contributed by atoms with E-state index in [9.17, 15) is 13.2 Å². The van der Waals surface area contributed by atoms with E-state index < -0.39 is 10.0 Å². The molecule has 0 aromatic heterocycles. The lowest BCUT2D eigenvalue weighted by Gasteiger charge is -2.12. The maximum absolute atomic E-state index is 12.4. The van der Waals surface area contributed by atoms with Crippen molar-refractivity contribution in [1.82, 2.24) is 5.32 Å². The Hall–Kier alpha value is -2.38. The lowest BCUT2D eigenvalue weighted by Crippen LogP contribution is -2.27. The van der Waals surface area contributed by atoms with Crippen molar-refractivity contribution in [3.8, 4) is 0 Å². The fourth-order valence-electron chi connectivity index (χ4n) is 2.84. The number of nitrogens with one attached hydrogen (secondary N) is 3. The summed E-state index contributed by atoms with van der Waals surface area (Å²) in [5.41, 5.74) is 0.969. The first kappa shape index (κ1) is 17.4. The fraction of sp³-hybridized carbons (Fsp3) is 0.278. The van der Waals surface area contributed by atoms with Crippen molar-refractivity contribution in [2.75, 3.05) is 16.6 Å². The van der Waals surface area contributed by atoms with Crippen LogP contribution < -0.4 is 15.4 Å². The van der Waals surface area contributed by atoms with Gasteiger partial charge in [0.25, 0.3) is 10.0 Å². The molecule has 3 rings (SSSR count). The van der Waals surface area contributed by atoms with Crippen LogP contribution in [0.15, 0.2) is 59.5 Å². The molecule has 2 aromatic carbocycles. The van der Waals surface area contributed by atoms with Gasteiger partial charge in [-0.1, -0.05) is 24.3 Å². The van der Waals surface area contributed by atoms with Gasteiger partial charge < -0.3 is 10.6 Å². The molecule has 1 unspecified atom stereocenters. The van der Waals surface area contributed by atoms with E-state index in [0.29, 0.717) is 17.8 Å². The number of hydrogen-bond acceptors (Lipinski definition) is 4. The number of benzene rings is 2. The standard InChI is InChI=1S/C18H21N3O3S/c22-18(13-14-8-5-11-19-14)20-15-6-4-7-16(12-15)21-25(23,24)17-9-2-1-3-10-17/h1-4,6-7,9-10,12,14,19,21H,5,8,11,13H2,(H,20,22). The van der Waals surface area contributed by atoms with Gasteiger partial charge in [0.15, 0.2) is 0 Å². The van der Waals surface area contributed by atoms with E-state index in [0.717, 1.165) is 19.4 Å². The average molecular weight is 359 g/mol. The van der Waals surface area contributed by atoms with Crippen LogP contribution in [0.25, 0.3) is 0 Å². The van der Waals surface area contributed by atoms with Gasteiger partial charge in [-0.15, -0.1) is 0 Å². The SMILES string of the molecule is O=C(CC1CCCN1)Nc1cccc(NS(=O)(=O)c2ccccc2)c1. The van der Waals surface area contributed by atoms with Crippen molar-refractivity contribution < 1.29 is 13.2 Å². The van der Waals surface area contributed by atoms with Crippen molar-refractivity contribution in [3.63, 3.8) is 0 Å². The highest BCUT2D eigenvalue weighted by Crippen LogP contribution is 2.20. The van der Waals surface area contributed by atoms with Crippen molar-refractivity contribution in [2.45, 2.75) is 30.2 Å². The third-order valence-electron chi connectivity index (χ3n) is 4.05. The summed E-state index contributed by atoms with van der Waals surface area (Å²) in [6, 6.07) is 15.1. The zero-order valence-corrected chi connectivity index (χ0v) is 14.6. The minimum atomic E-state index is -3.65. The molecular weight excluding hydrogens is 338 g/mol. The van der Waals surface area contributed by atoms with Gasteiger partial charge in [-0.2, -0.15) is 0 Å². The number of carbonyl (C=O) groups excluding carboxylic acids is 1. The van der Waals surface area contributed by atoms with E-state index in [-0.39, 0.29) is 16.8 Å². The molecule has 132 valence electrons. The molecule has 6 nitrogen and oxygen atoms in total. The van der Waals surface area contributed by atoms with E-state index in [1.165, 1.54) is 12.1 Å². The molecule has 2 aromatic rings. The lowest BCUT2D eigenvalue weighted by atomic mass is 10.1. The smallest absolute Gasteiger partial charge is 0.261 e. The molecule has 0 spiro atoms. The predicted octanol–water partition coefficient (Wildman–Crippen LogP) is 2.57. The minimum Gasteiger partial charge on any atom is -0.326 e. The van der Waals surface area contributed by atoms with Crippen LogP contribution in [0.5, 0.6) is 0 Å². The Kier molecular flexibility index (Phi) is 5.35. The molecule has 0 aliphatic carbocycles. The molecule has 1 fully saturated rings. The molecule has 7 heteroatoms. The summed E-state index contributed by atoms with van der Waals surface area (Å²) in [4.78, 5) is 12.3. The summed E-state index contributed by atoms with van der Waals surface area (Å²) in [5, 5.41) is 6.10. The molecule has 0 radical (unpaired) electrons. The second-order valence-electron chi connectivity index (χ2n) is 6.04. The van der Waals surface area contributed by atoms with Gasteiger partial charge in [-0.3, -0.25) is 9.52 Å². The van der Waals surface area contributed by atoms with E-state index >= 15 is 0 Å². The van der Waals surface area contributed by atoms with Crippen LogP contribution in [0.4, 0.5) is 11.4 Å². The van der Waals surface area contributed by atoms with Crippen LogP contribution >= 0.6 is 0 Å². The molecule has 1 amide bonds. The third kappa shape index (κ3) is 4.80. The van der Waals surface area contributed by atoms with Gasteiger partial charge in [0.05, 0.1) is 10.6 Å². The normalized spacial score (nSPS) is 17.2. The number of carbonyl (C=O) groups is 1. The number of anilines is 2. The highest BCUT2D eigenvalue weighted by Gasteiger charge is 2.18. The Morgan fingerprint density at radius 2 is 1.84 bits per heavy atom. The summed E-state index contributed by atoms with van der Waals surface area (Å²) >= 11 is 0. The molecular formula is C18H21N3O3S. The van der Waals surface area contributed by atoms with Crippen LogP contribution in [-0.2, 0) is 14.8 Å². The second kappa shape index (κ2) is 7.67. The van der Waals surface area contributed by atoms with Gasteiger partial charge in [0.1, 0.15) is 0 Å². The average Bonchev–Trinajstić information content (AvgIpc) is 3.08. The number of hydrogen-bond donors (Lipinski definition) is 3. The van der Waals surface area contributed by atoms with E-state index in [4.69, 9.17) is 0 Å². The fourth-order valence-corrected chi connectivity index (χ4v) is 3.91. The Bertz CT molecular complexity index is 832. The molecule has 1 saturated heterocycles. The third-order valence-corrected chi connectivity index (χ3v) is 5.44. The Balaban J connectivity index is 1.66. The van der Waals surface area contributed by atoms with E-state index in [1.54, 1.807) is 42.5 Å². The van der Waals surface area contributed by atoms with Gasteiger partial charge in [0, 0.05) is 18.2 Å². The summed E-state index contributed by atoms with van der Waals surface area (Å²) in [6.45, 7) is 0.953. The highest BCUT2D eigenvalue weighted by molar-refractivity contribution is 7.92. The van der Waals surface area contributed by atoms with Gasteiger partial charge in [0.2, 0.25) is 5.91 Å². The van der Waals surface area contributed by atoms with Crippen molar-refractivity contribution in [1.29, 1.82) is 0 Å².